The summed E-state index contributed by atoms with van der Waals surface area (Å²) in [6.45, 7) is 2.39. The molecule has 100 valence electrons. The van der Waals surface area contributed by atoms with Crippen molar-refractivity contribution < 1.29 is 0 Å². The topological polar surface area (TPSA) is 63.6 Å². The molecular weight excluding hydrogens is 272 g/mol. The van der Waals surface area contributed by atoms with Crippen molar-refractivity contribution >= 4 is 23.3 Å². The fraction of sp³-hybridized carbons (Fsp3) is 0.143. The first-order valence-electron chi connectivity index (χ1n) is 6.26. The van der Waals surface area contributed by atoms with E-state index in [1.54, 1.807) is 6.20 Å². The first-order valence-corrected chi connectivity index (χ1v) is 6.67. The molecule has 0 saturated heterocycles. The van der Waals surface area contributed by atoms with Gasteiger partial charge in [-0.2, -0.15) is 0 Å². The van der Waals surface area contributed by atoms with Crippen LogP contribution in [-0.2, 0) is 6.54 Å². The van der Waals surface area contributed by atoms with E-state index < -0.39 is 0 Å². The Morgan fingerprint density at radius 1 is 1.30 bits per heavy atom. The smallest absolute Gasteiger partial charge is 0.265 e. The van der Waals surface area contributed by atoms with Gasteiger partial charge < -0.3 is 4.98 Å². The normalized spacial score (nSPS) is 10.8. The molecule has 0 spiro atoms. The molecule has 0 fully saturated rings. The van der Waals surface area contributed by atoms with Gasteiger partial charge in [0, 0.05) is 18.3 Å². The molecule has 0 amide bonds. The zero-order valence-electron chi connectivity index (χ0n) is 10.8. The fourth-order valence-electron chi connectivity index (χ4n) is 2.05. The lowest BCUT2D eigenvalue weighted by molar-refractivity contribution is 0.703. The Bertz CT molecular complexity index is 883. The molecule has 6 heteroatoms. The van der Waals surface area contributed by atoms with Crippen LogP contribution in [-0.4, -0.2) is 19.5 Å². The van der Waals surface area contributed by atoms with Gasteiger partial charge in [-0.3, -0.25) is 9.36 Å². The Labute approximate surface area is 120 Å². The Hall–Kier alpha value is -2.34. The van der Waals surface area contributed by atoms with Crippen LogP contribution in [0.3, 0.4) is 0 Å². The highest BCUT2D eigenvalue weighted by molar-refractivity contribution is 7.71. The average Bonchev–Trinajstić information content (AvgIpc) is 2.48. The molecule has 2 heterocycles. The summed E-state index contributed by atoms with van der Waals surface area (Å²) in [5.41, 5.74) is 1.21. The minimum Gasteiger partial charge on any atom is -0.316 e. The molecular formula is C14H12N4OS. The molecule has 0 aliphatic heterocycles. The highest BCUT2D eigenvalue weighted by atomic mass is 32.1. The number of fused-ring (bicyclic) bond motifs is 1. The van der Waals surface area contributed by atoms with E-state index in [1.807, 2.05) is 37.3 Å². The zero-order valence-corrected chi connectivity index (χ0v) is 11.6. The summed E-state index contributed by atoms with van der Waals surface area (Å²) >= 11 is 5.17. The maximum absolute atomic E-state index is 12.2. The van der Waals surface area contributed by atoms with Crippen LogP contribution < -0.4 is 5.56 Å². The van der Waals surface area contributed by atoms with Crippen molar-refractivity contribution in [2.24, 2.45) is 0 Å². The summed E-state index contributed by atoms with van der Waals surface area (Å²) < 4.78 is 1.87. The minimum atomic E-state index is -0.161. The summed E-state index contributed by atoms with van der Waals surface area (Å²) in [5.74, 6) is 0.567. The molecule has 0 aliphatic carbocycles. The molecule has 1 N–H and O–H groups in total. The Kier molecular flexibility index (Phi) is 3.15. The number of rotatable bonds is 2. The lowest BCUT2D eigenvalue weighted by Crippen LogP contribution is -2.21. The van der Waals surface area contributed by atoms with Gasteiger partial charge in [0.1, 0.15) is 11.0 Å². The van der Waals surface area contributed by atoms with Crippen molar-refractivity contribution in [2.45, 2.75) is 13.5 Å². The number of benzene rings is 1. The minimum absolute atomic E-state index is 0.161. The van der Waals surface area contributed by atoms with Crippen LogP contribution in [0.25, 0.3) is 22.4 Å². The molecule has 20 heavy (non-hydrogen) atoms. The van der Waals surface area contributed by atoms with Crippen LogP contribution in [0.4, 0.5) is 0 Å². The SMILES string of the molecule is CCn1c(=S)[nH]c2nc(-c3ccccc3)ncc2c1=O. The zero-order chi connectivity index (χ0) is 14.1. The van der Waals surface area contributed by atoms with Crippen LogP contribution in [0.1, 0.15) is 6.92 Å². The quantitative estimate of drug-likeness (QED) is 0.734. The first kappa shape index (κ1) is 12.7. The second-order valence-corrected chi connectivity index (χ2v) is 4.69. The summed E-state index contributed by atoms with van der Waals surface area (Å²) in [6, 6.07) is 9.60. The monoisotopic (exact) mass is 284 g/mol. The third kappa shape index (κ3) is 2.04. The summed E-state index contributed by atoms with van der Waals surface area (Å²) in [6.07, 6.45) is 1.55. The standard InChI is InChI=1S/C14H12N4OS/c1-2-18-13(19)10-8-15-11(9-6-4-3-5-7-9)16-12(10)17-14(18)20/h3-8H,2H2,1H3,(H,15,16,17,20). The third-order valence-electron chi connectivity index (χ3n) is 3.08. The van der Waals surface area contributed by atoms with E-state index in [4.69, 9.17) is 12.2 Å². The van der Waals surface area contributed by atoms with E-state index in [0.29, 0.717) is 28.2 Å². The number of nitrogens with zero attached hydrogens (tertiary/aromatic N) is 3. The lowest BCUT2D eigenvalue weighted by Gasteiger charge is -2.05. The molecule has 0 bridgehead atoms. The van der Waals surface area contributed by atoms with Crippen LogP contribution >= 0.6 is 12.2 Å². The molecule has 2 aromatic heterocycles. The molecule has 3 aromatic rings. The van der Waals surface area contributed by atoms with Crippen LogP contribution in [0.2, 0.25) is 0 Å². The number of H-pyrrole nitrogens is 1. The van der Waals surface area contributed by atoms with Crippen molar-refractivity contribution in [3.8, 4) is 11.4 Å². The largest absolute Gasteiger partial charge is 0.316 e. The van der Waals surface area contributed by atoms with Gasteiger partial charge >= 0.3 is 0 Å². The highest BCUT2D eigenvalue weighted by Gasteiger charge is 2.08. The summed E-state index contributed by atoms with van der Waals surface area (Å²) in [5, 5.41) is 0.445. The van der Waals surface area contributed by atoms with Crippen LogP contribution in [0, 0.1) is 4.77 Å². The van der Waals surface area contributed by atoms with Crippen molar-refractivity contribution in [1.82, 2.24) is 19.5 Å². The second-order valence-electron chi connectivity index (χ2n) is 4.30. The molecule has 5 nitrogen and oxygen atoms in total. The number of nitrogens with one attached hydrogen (secondary N) is 1. The van der Waals surface area contributed by atoms with Crippen molar-refractivity contribution in [2.75, 3.05) is 0 Å². The number of aromatic nitrogens is 4. The van der Waals surface area contributed by atoms with Crippen LogP contribution in [0.15, 0.2) is 41.3 Å². The van der Waals surface area contributed by atoms with Gasteiger partial charge in [0.05, 0.1) is 0 Å². The van der Waals surface area contributed by atoms with Gasteiger partial charge in [0.2, 0.25) is 0 Å². The highest BCUT2D eigenvalue weighted by Crippen LogP contribution is 2.15. The molecule has 0 unspecified atom stereocenters. The predicted molar refractivity (Wildman–Crippen MR) is 80.1 cm³/mol. The fourth-order valence-corrected chi connectivity index (χ4v) is 2.36. The van der Waals surface area contributed by atoms with E-state index in [9.17, 15) is 4.79 Å². The predicted octanol–water partition coefficient (Wildman–Crippen LogP) is 2.54. The van der Waals surface area contributed by atoms with Crippen molar-refractivity contribution in [3.63, 3.8) is 0 Å². The molecule has 0 aliphatic rings. The lowest BCUT2D eigenvalue weighted by atomic mass is 10.2. The number of hydrogen-bond acceptors (Lipinski definition) is 4. The van der Waals surface area contributed by atoms with Crippen LogP contribution in [0.5, 0.6) is 0 Å². The van der Waals surface area contributed by atoms with Gasteiger partial charge in [-0.15, -0.1) is 0 Å². The van der Waals surface area contributed by atoms with E-state index in [1.165, 1.54) is 4.57 Å². The number of aromatic amines is 1. The summed E-state index contributed by atoms with van der Waals surface area (Å²) in [4.78, 5) is 23.9. The molecule has 0 saturated carbocycles. The Morgan fingerprint density at radius 2 is 2.05 bits per heavy atom. The molecule has 3 rings (SSSR count). The van der Waals surface area contributed by atoms with Crippen molar-refractivity contribution in [1.29, 1.82) is 0 Å². The average molecular weight is 284 g/mol. The van der Waals surface area contributed by atoms with Gasteiger partial charge in [-0.25, -0.2) is 9.97 Å². The second kappa shape index (κ2) is 4.97. The van der Waals surface area contributed by atoms with E-state index in [-0.39, 0.29) is 5.56 Å². The van der Waals surface area contributed by atoms with E-state index in [2.05, 4.69) is 15.0 Å². The van der Waals surface area contributed by atoms with Gasteiger partial charge in [0.15, 0.2) is 10.6 Å². The summed E-state index contributed by atoms with van der Waals surface area (Å²) in [7, 11) is 0. The molecule has 1 aromatic carbocycles. The van der Waals surface area contributed by atoms with E-state index >= 15 is 0 Å². The number of hydrogen-bond donors (Lipinski definition) is 1. The van der Waals surface area contributed by atoms with Gasteiger partial charge in [-0.1, -0.05) is 30.3 Å². The van der Waals surface area contributed by atoms with Crippen molar-refractivity contribution in [3.05, 3.63) is 51.7 Å². The maximum atomic E-state index is 12.2. The third-order valence-corrected chi connectivity index (χ3v) is 3.41. The van der Waals surface area contributed by atoms with Gasteiger partial charge in [-0.05, 0) is 19.1 Å². The Balaban J connectivity index is 2.28. The maximum Gasteiger partial charge on any atom is 0.265 e. The van der Waals surface area contributed by atoms with Gasteiger partial charge in [0.25, 0.3) is 5.56 Å². The Morgan fingerprint density at radius 3 is 2.75 bits per heavy atom. The molecule has 0 atom stereocenters. The van der Waals surface area contributed by atoms with E-state index in [0.717, 1.165) is 5.56 Å². The molecule has 0 radical (unpaired) electrons. The first-order chi connectivity index (χ1) is 9.70.